The fourth-order valence-electron chi connectivity index (χ4n) is 1.33. The van der Waals surface area contributed by atoms with Crippen LogP contribution in [0.25, 0.3) is 0 Å². The number of amides is 3. The Morgan fingerprint density at radius 1 is 1.11 bits per heavy atom. The zero-order chi connectivity index (χ0) is 14.0. The number of carboxylic acids is 1. The van der Waals surface area contributed by atoms with Gasteiger partial charge >= 0.3 is 12.0 Å². The van der Waals surface area contributed by atoms with E-state index in [2.05, 4.69) is 16.0 Å². The molecule has 0 radical (unpaired) electrons. The molecule has 0 rings (SSSR count). The van der Waals surface area contributed by atoms with Gasteiger partial charge in [0.1, 0.15) is 0 Å². The van der Waals surface area contributed by atoms with E-state index in [-0.39, 0.29) is 31.3 Å². The third kappa shape index (κ3) is 8.37. The number of urea groups is 1. The summed E-state index contributed by atoms with van der Waals surface area (Å²) < 4.78 is 0. The second-order valence-electron chi connectivity index (χ2n) is 3.89. The van der Waals surface area contributed by atoms with Gasteiger partial charge < -0.3 is 21.1 Å². The van der Waals surface area contributed by atoms with Crippen LogP contribution in [0.15, 0.2) is 0 Å². The van der Waals surface area contributed by atoms with Crippen molar-refractivity contribution in [2.24, 2.45) is 5.92 Å². The van der Waals surface area contributed by atoms with Crippen molar-refractivity contribution >= 4 is 17.9 Å². The Labute approximate surface area is 106 Å². The molecule has 104 valence electrons. The highest BCUT2D eigenvalue weighted by Gasteiger charge is 2.12. The first-order chi connectivity index (χ1) is 8.49. The largest absolute Gasteiger partial charge is 0.481 e. The highest BCUT2D eigenvalue weighted by Crippen LogP contribution is 2.06. The number of hydrogen-bond acceptors (Lipinski definition) is 3. The maximum Gasteiger partial charge on any atom is 0.315 e. The van der Waals surface area contributed by atoms with Gasteiger partial charge in [-0.05, 0) is 12.8 Å². The second kappa shape index (κ2) is 9.26. The fourth-order valence-corrected chi connectivity index (χ4v) is 1.33. The van der Waals surface area contributed by atoms with E-state index in [1.807, 2.05) is 6.92 Å². The van der Waals surface area contributed by atoms with Gasteiger partial charge in [-0.15, -0.1) is 0 Å². The van der Waals surface area contributed by atoms with Crippen LogP contribution in [0.3, 0.4) is 0 Å². The van der Waals surface area contributed by atoms with E-state index in [0.717, 1.165) is 0 Å². The number of carboxylic acid groups (broad SMARTS) is 1. The lowest BCUT2D eigenvalue weighted by atomic mass is 10.0. The second-order valence-corrected chi connectivity index (χ2v) is 3.89. The molecule has 0 saturated carbocycles. The molecule has 7 nitrogen and oxygen atoms in total. The lowest BCUT2D eigenvalue weighted by Crippen LogP contribution is -2.43. The van der Waals surface area contributed by atoms with E-state index in [4.69, 9.17) is 5.11 Å². The summed E-state index contributed by atoms with van der Waals surface area (Å²) in [5.41, 5.74) is 0. The van der Waals surface area contributed by atoms with Gasteiger partial charge in [0.05, 0.1) is 6.54 Å². The van der Waals surface area contributed by atoms with Crippen LogP contribution < -0.4 is 16.0 Å². The molecule has 0 bridgehead atoms. The summed E-state index contributed by atoms with van der Waals surface area (Å²) in [7, 11) is 0. The lowest BCUT2D eigenvalue weighted by molar-refractivity contribution is -0.138. The van der Waals surface area contributed by atoms with Crippen molar-refractivity contribution in [2.45, 2.75) is 26.7 Å². The third-order valence-electron chi connectivity index (χ3n) is 2.38. The van der Waals surface area contributed by atoms with E-state index in [1.54, 1.807) is 6.92 Å². The molecule has 0 spiro atoms. The van der Waals surface area contributed by atoms with Crippen LogP contribution in [0.5, 0.6) is 0 Å². The molecule has 0 heterocycles. The van der Waals surface area contributed by atoms with Crippen molar-refractivity contribution in [2.75, 3.05) is 19.6 Å². The Morgan fingerprint density at radius 2 is 1.78 bits per heavy atom. The SMILES string of the molecule is CCNC(=O)CNC(=O)NCC(CC)CC(=O)O. The van der Waals surface area contributed by atoms with Gasteiger partial charge in [0.15, 0.2) is 0 Å². The Bertz CT molecular complexity index is 294. The third-order valence-corrected chi connectivity index (χ3v) is 2.38. The first-order valence-corrected chi connectivity index (χ1v) is 5.99. The van der Waals surface area contributed by atoms with Crippen LogP contribution in [-0.4, -0.2) is 42.6 Å². The number of rotatable bonds is 8. The molecular weight excluding hydrogens is 238 g/mol. The Morgan fingerprint density at radius 3 is 2.28 bits per heavy atom. The highest BCUT2D eigenvalue weighted by atomic mass is 16.4. The summed E-state index contributed by atoms with van der Waals surface area (Å²) in [5.74, 6) is -1.24. The average molecular weight is 259 g/mol. The molecule has 18 heavy (non-hydrogen) atoms. The smallest absolute Gasteiger partial charge is 0.315 e. The number of aliphatic carboxylic acids is 1. The summed E-state index contributed by atoms with van der Waals surface area (Å²) >= 11 is 0. The molecule has 7 heteroatoms. The van der Waals surface area contributed by atoms with Crippen molar-refractivity contribution in [3.63, 3.8) is 0 Å². The number of likely N-dealkylation sites (N-methyl/N-ethyl adjacent to an activating group) is 1. The van der Waals surface area contributed by atoms with E-state index in [9.17, 15) is 14.4 Å². The van der Waals surface area contributed by atoms with Gasteiger partial charge in [-0.3, -0.25) is 9.59 Å². The molecule has 1 atom stereocenters. The minimum Gasteiger partial charge on any atom is -0.481 e. The average Bonchev–Trinajstić information content (AvgIpc) is 2.31. The zero-order valence-corrected chi connectivity index (χ0v) is 10.8. The van der Waals surface area contributed by atoms with Gasteiger partial charge in [-0.25, -0.2) is 4.79 Å². The quantitative estimate of drug-likeness (QED) is 0.489. The van der Waals surface area contributed by atoms with Crippen LogP contribution in [0.4, 0.5) is 4.79 Å². The van der Waals surface area contributed by atoms with Crippen molar-refractivity contribution in [3.05, 3.63) is 0 Å². The van der Waals surface area contributed by atoms with Gasteiger partial charge in [-0.1, -0.05) is 13.3 Å². The van der Waals surface area contributed by atoms with Crippen LogP contribution in [0, 0.1) is 5.92 Å². The van der Waals surface area contributed by atoms with Crippen molar-refractivity contribution in [1.29, 1.82) is 0 Å². The molecule has 0 saturated heterocycles. The molecule has 3 amide bonds. The number of hydrogen-bond donors (Lipinski definition) is 4. The Kier molecular flexibility index (Phi) is 8.34. The van der Waals surface area contributed by atoms with Crippen LogP contribution >= 0.6 is 0 Å². The molecular formula is C11H21N3O4. The number of carbonyl (C=O) groups excluding carboxylic acids is 2. The van der Waals surface area contributed by atoms with Crippen molar-refractivity contribution < 1.29 is 19.5 Å². The molecule has 4 N–H and O–H groups in total. The Balaban J connectivity index is 3.80. The minimum atomic E-state index is -0.883. The van der Waals surface area contributed by atoms with E-state index >= 15 is 0 Å². The normalized spacial score (nSPS) is 11.4. The predicted octanol–water partition coefficient (Wildman–Crippen LogP) is -0.0774. The van der Waals surface area contributed by atoms with Gasteiger partial charge in [0, 0.05) is 19.5 Å². The molecule has 0 aliphatic rings. The summed E-state index contributed by atoms with van der Waals surface area (Å²) in [4.78, 5) is 32.9. The van der Waals surface area contributed by atoms with Crippen LogP contribution in [0.1, 0.15) is 26.7 Å². The number of nitrogens with one attached hydrogen (secondary N) is 3. The summed E-state index contributed by atoms with van der Waals surface area (Å²) in [6.07, 6.45) is 0.690. The van der Waals surface area contributed by atoms with Gasteiger partial charge in [-0.2, -0.15) is 0 Å². The van der Waals surface area contributed by atoms with E-state index < -0.39 is 12.0 Å². The van der Waals surface area contributed by atoms with Gasteiger partial charge in [0.25, 0.3) is 0 Å². The predicted molar refractivity (Wildman–Crippen MR) is 66.1 cm³/mol. The summed E-state index contributed by atoms with van der Waals surface area (Å²) in [6.45, 7) is 4.36. The molecule has 0 aromatic heterocycles. The molecule has 0 fully saturated rings. The lowest BCUT2D eigenvalue weighted by Gasteiger charge is -2.13. The fraction of sp³-hybridized carbons (Fsp3) is 0.727. The maximum atomic E-state index is 11.3. The minimum absolute atomic E-state index is 0.0209. The first kappa shape index (κ1) is 16.2. The van der Waals surface area contributed by atoms with Crippen molar-refractivity contribution in [3.8, 4) is 0 Å². The van der Waals surface area contributed by atoms with E-state index in [0.29, 0.717) is 13.0 Å². The standard InChI is InChI=1S/C11H21N3O4/c1-3-8(5-10(16)17)6-13-11(18)14-7-9(15)12-4-2/h8H,3-7H2,1-2H3,(H,12,15)(H,16,17)(H2,13,14,18). The Hall–Kier alpha value is -1.79. The molecule has 0 aromatic carbocycles. The first-order valence-electron chi connectivity index (χ1n) is 5.99. The summed E-state index contributed by atoms with van der Waals surface area (Å²) in [6, 6.07) is -0.468. The van der Waals surface area contributed by atoms with E-state index in [1.165, 1.54) is 0 Å². The molecule has 1 unspecified atom stereocenters. The van der Waals surface area contributed by atoms with Crippen LogP contribution in [0.2, 0.25) is 0 Å². The summed E-state index contributed by atoms with van der Waals surface area (Å²) in [5, 5.41) is 16.1. The zero-order valence-electron chi connectivity index (χ0n) is 10.8. The monoisotopic (exact) mass is 259 g/mol. The number of carbonyl (C=O) groups is 3. The molecule has 0 aliphatic heterocycles. The van der Waals surface area contributed by atoms with Gasteiger partial charge in [0.2, 0.25) is 5.91 Å². The maximum absolute atomic E-state index is 11.3. The highest BCUT2D eigenvalue weighted by molar-refractivity contribution is 5.83. The van der Waals surface area contributed by atoms with Crippen LogP contribution in [-0.2, 0) is 9.59 Å². The topological polar surface area (TPSA) is 108 Å². The van der Waals surface area contributed by atoms with Crippen molar-refractivity contribution in [1.82, 2.24) is 16.0 Å². The molecule has 0 aliphatic carbocycles. The molecule has 0 aromatic rings.